The van der Waals surface area contributed by atoms with Crippen LogP contribution >= 0.6 is 15.9 Å². The van der Waals surface area contributed by atoms with Gasteiger partial charge in [0.1, 0.15) is 11.4 Å². The average molecular weight is 253 g/mol. The molecule has 3 heteroatoms. The molecule has 1 aliphatic heterocycles. The summed E-state index contributed by atoms with van der Waals surface area (Å²) in [5, 5.41) is 0. The zero-order valence-electron chi connectivity index (χ0n) is 7.55. The fourth-order valence-corrected chi connectivity index (χ4v) is 2.25. The van der Waals surface area contributed by atoms with Gasteiger partial charge in [-0.05, 0) is 31.0 Å². The van der Waals surface area contributed by atoms with Gasteiger partial charge in [0.25, 0.3) is 0 Å². The van der Waals surface area contributed by atoms with E-state index in [0.717, 1.165) is 28.6 Å². The Bertz CT molecular complexity index is 421. The number of Topliss-reactive ketones (excluding diaryl/α,β-unsaturated/α-hetero) is 1. The summed E-state index contributed by atoms with van der Waals surface area (Å²) in [7, 11) is 0. The van der Waals surface area contributed by atoms with Crippen LogP contribution in [0.15, 0.2) is 22.7 Å². The van der Waals surface area contributed by atoms with Crippen molar-refractivity contribution in [1.29, 1.82) is 0 Å². The highest BCUT2D eigenvalue weighted by molar-refractivity contribution is 9.10. The van der Waals surface area contributed by atoms with Crippen LogP contribution < -0.4 is 4.74 Å². The van der Waals surface area contributed by atoms with Crippen molar-refractivity contribution < 1.29 is 9.53 Å². The summed E-state index contributed by atoms with van der Waals surface area (Å²) >= 11 is 3.35. The minimum absolute atomic E-state index is 0.127. The van der Waals surface area contributed by atoms with Crippen LogP contribution in [0.1, 0.15) is 29.6 Å². The second-order valence-electron chi connectivity index (χ2n) is 4.03. The fraction of sp³-hybridized carbons (Fsp3) is 0.364. The topological polar surface area (TPSA) is 26.3 Å². The lowest BCUT2D eigenvalue weighted by Crippen LogP contribution is -2.28. The van der Waals surface area contributed by atoms with E-state index in [-0.39, 0.29) is 11.4 Å². The highest BCUT2D eigenvalue weighted by Gasteiger charge is 2.50. The minimum atomic E-state index is -0.127. The Morgan fingerprint density at radius 3 is 2.86 bits per heavy atom. The lowest BCUT2D eigenvalue weighted by molar-refractivity contribution is 0.0812. The van der Waals surface area contributed by atoms with Crippen molar-refractivity contribution in [2.24, 2.45) is 0 Å². The first-order valence-electron chi connectivity index (χ1n) is 4.70. The normalized spacial score (nSPS) is 21.6. The minimum Gasteiger partial charge on any atom is -0.486 e. The fourth-order valence-electron chi connectivity index (χ4n) is 1.88. The molecule has 1 aromatic rings. The van der Waals surface area contributed by atoms with Gasteiger partial charge in [0.2, 0.25) is 0 Å². The van der Waals surface area contributed by atoms with Crippen LogP contribution in [0.3, 0.4) is 0 Å². The van der Waals surface area contributed by atoms with Crippen molar-refractivity contribution in [3.8, 4) is 5.75 Å². The van der Waals surface area contributed by atoms with Gasteiger partial charge in [-0.2, -0.15) is 0 Å². The maximum atomic E-state index is 11.8. The third-order valence-corrected chi connectivity index (χ3v) is 3.35. The van der Waals surface area contributed by atoms with E-state index in [2.05, 4.69) is 15.9 Å². The number of carbonyl (C=O) groups is 1. The van der Waals surface area contributed by atoms with Crippen LogP contribution in [0.5, 0.6) is 5.75 Å². The highest BCUT2D eigenvalue weighted by Crippen LogP contribution is 2.48. The Morgan fingerprint density at radius 1 is 1.36 bits per heavy atom. The molecule has 2 nitrogen and oxygen atoms in total. The van der Waals surface area contributed by atoms with E-state index in [1.54, 1.807) is 0 Å². The molecule has 0 bridgehead atoms. The van der Waals surface area contributed by atoms with Crippen LogP contribution in [0.2, 0.25) is 0 Å². The van der Waals surface area contributed by atoms with Gasteiger partial charge in [-0.1, -0.05) is 15.9 Å². The Balaban J connectivity index is 2.10. The number of hydrogen-bond donors (Lipinski definition) is 0. The molecule has 0 saturated heterocycles. The Morgan fingerprint density at radius 2 is 2.14 bits per heavy atom. The average Bonchev–Trinajstić information content (AvgIpc) is 2.87. The summed E-state index contributed by atoms with van der Waals surface area (Å²) in [4.78, 5) is 11.8. The number of carbonyl (C=O) groups excluding carboxylic acids is 1. The van der Waals surface area contributed by atoms with Gasteiger partial charge in [-0.15, -0.1) is 0 Å². The molecule has 1 spiro atoms. The molecule has 0 N–H and O–H groups in total. The zero-order chi connectivity index (χ0) is 9.76. The molecule has 1 fully saturated rings. The molecule has 2 aliphatic rings. The molecule has 0 unspecified atom stereocenters. The predicted octanol–water partition coefficient (Wildman–Crippen LogP) is 2.95. The maximum Gasteiger partial charge on any atom is 0.170 e. The number of halogens is 1. The van der Waals surface area contributed by atoms with Gasteiger partial charge in [-0.25, -0.2) is 0 Å². The van der Waals surface area contributed by atoms with E-state index >= 15 is 0 Å². The molecule has 3 rings (SSSR count). The van der Waals surface area contributed by atoms with Gasteiger partial charge >= 0.3 is 0 Å². The van der Waals surface area contributed by atoms with Gasteiger partial charge in [0, 0.05) is 4.47 Å². The van der Waals surface area contributed by atoms with Gasteiger partial charge < -0.3 is 4.74 Å². The Labute approximate surface area is 90.4 Å². The highest BCUT2D eigenvalue weighted by atomic mass is 79.9. The first kappa shape index (κ1) is 8.48. The first-order valence-corrected chi connectivity index (χ1v) is 5.50. The van der Waals surface area contributed by atoms with Crippen LogP contribution in [-0.2, 0) is 0 Å². The number of benzene rings is 1. The van der Waals surface area contributed by atoms with Crippen molar-refractivity contribution >= 4 is 21.7 Å². The Kier molecular flexibility index (Phi) is 1.57. The first-order chi connectivity index (χ1) is 6.69. The summed E-state index contributed by atoms with van der Waals surface area (Å²) in [6.45, 7) is 0. The standard InChI is InChI=1S/C11H9BrO2/c12-7-1-2-10-8(5-7)9(13)6-11(14-10)3-4-11/h1-2,5H,3-4,6H2. The van der Waals surface area contributed by atoms with E-state index in [1.165, 1.54) is 0 Å². The molecular weight excluding hydrogens is 244 g/mol. The van der Waals surface area contributed by atoms with E-state index in [1.807, 2.05) is 18.2 Å². The molecule has 72 valence electrons. The number of ether oxygens (including phenoxy) is 1. The van der Waals surface area contributed by atoms with Crippen molar-refractivity contribution in [1.82, 2.24) is 0 Å². The van der Waals surface area contributed by atoms with E-state index < -0.39 is 0 Å². The summed E-state index contributed by atoms with van der Waals surface area (Å²) in [5.74, 6) is 0.965. The van der Waals surface area contributed by atoms with E-state index in [4.69, 9.17) is 4.74 Å². The second kappa shape index (κ2) is 2.60. The SMILES string of the molecule is O=C1CC2(CC2)Oc2ccc(Br)cc21. The molecule has 1 aromatic carbocycles. The van der Waals surface area contributed by atoms with E-state index in [9.17, 15) is 4.79 Å². The Hall–Kier alpha value is -0.830. The van der Waals surface area contributed by atoms with Gasteiger partial charge in [-0.3, -0.25) is 4.79 Å². The number of hydrogen-bond acceptors (Lipinski definition) is 2. The third-order valence-electron chi connectivity index (χ3n) is 2.86. The maximum absolute atomic E-state index is 11.8. The summed E-state index contributed by atoms with van der Waals surface area (Å²) in [5.41, 5.74) is 0.592. The van der Waals surface area contributed by atoms with Crippen LogP contribution in [-0.4, -0.2) is 11.4 Å². The molecule has 0 aromatic heterocycles. The van der Waals surface area contributed by atoms with Crippen LogP contribution in [0.4, 0.5) is 0 Å². The number of rotatable bonds is 0. The molecule has 0 atom stereocenters. The molecule has 1 heterocycles. The predicted molar refractivity (Wildman–Crippen MR) is 55.7 cm³/mol. The van der Waals surface area contributed by atoms with E-state index in [0.29, 0.717) is 6.42 Å². The lowest BCUT2D eigenvalue weighted by Gasteiger charge is -2.24. The van der Waals surface area contributed by atoms with Gasteiger partial charge in [0.05, 0.1) is 12.0 Å². The molecule has 0 radical (unpaired) electrons. The molecule has 0 amide bonds. The summed E-state index contributed by atoms with van der Waals surface area (Å²) < 4.78 is 6.74. The van der Waals surface area contributed by atoms with Crippen molar-refractivity contribution in [2.75, 3.05) is 0 Å². The molecular formula is C11H9BrO2. The molecule has 14 heavy (non-hydrogen) atoms. The largest absolute Gasteiger partial charge is 0.486 e. The van der Waals surface area contributed by atoms with Crippen LogP contribution in [0.25, 0.3) is 0 Å². The smallest absolute Gasteiger partial charge is 0.170 e. The monoisotopic (exact) mass is 252 g/mol. The summed E-state index contributed by atoms with van der Waals surface area (Å²) in [6, 6.07) is 5.62. The van der Waals surface area contributed by atoms with Crippen molar-refractivity contribution in [2.45, 2.75) is 24.9 Å². The van der Waals surface area contributed by atoms with Crippen molar-refractivity contribution in [3.63, 3.8) is 0 Å². The molecule has 1 aliphatic carbocycles. The number of ketones is 1. The van der Waals surface area contributed by atoms with Crippen LogP contribution in [0, 0.1) is 0 Å². The third kappa shape index (κ3) is 1.19. The van der Waals surface area contributed by atoms with Crippen molar-refractivity contribution in [3.05, 3.63) is 28.2 Å². The number of fused-ring (bicyclic) bond motifs is 1. The van der Waals surface area contributed by atoms with Gasteiger partial charge in [0.15, 0.2) is 5.78 Å². The zero-order valence-corrected chi connectivity index (χ0v) is 9.13. The summed E-state index contributed by atoms with van der Waals surface area (Å²) in [6.07, 6.45) is 2.60. The quantitative estimate of drug-likeness (QED) is 0.710. The second-order valence-corrected chi connectivity index (χ2v) is 4.94. The lowest BCUT2D eigenvalue weighted by atomic mass is 10.00. The molecule has 1 saturated carbocycles.